The fourth-order valence-corrected chi connectivity index (χ4v) is 2.91. The highest BCUT2D eigenvalue weighted by Crippen LogP contribution is 2.38. The largest absolute Gasteiger partial charge is 0.354 e. The molecule has 1 N–H and O–H groups in total. The molecule has 2 fully saturated rings. The normalized spacial score (nSPS) is 24.2. The van der Waals surface area contributed by atoms with Gasteiger partial charge in [-0.1, -0.05) is 6.92 Å². The molecule has 0 spiro atoms. The summed E-state index contributed by atoms with van der Waals surface area (Å²) in [5.41, 5.74) is 0. The van der Waals surface area contributed by atoms with Crippen molar-refractivity contribution >= 4 is 17.8 Å². The quantitative estimate of drug-likeness (QED) is 0.865. The molecule has 6 nitrogen and oxygen atoms in total. The van der Waals surface area contributed by atoms with Crippen LogP contribution in [0.3, 0.4) is 0 Å². The van der Waals surface area contributed by atoms with Crippen molar-refractivity contribution in [3.05, 3.63) is 0 Å². The second-order valence-corrected chi connectivity index (χ2v) is 6.34. The number of nitrogens with one attached hydrogen (secondary N) is 1. The van der Waals surface area contributed by atoms with E-state index in [0.717, 1.165) is 49.9 Å². The zero-order chi connectivity index (χ0) is 14.8. The van der Waals surface area contributed by atoms with Crippen LogP contribution in [0.1, 0.15) is 33.1 Å². The number of anilines is 3. The van der Waals surface area contributed by atoms with Crippen molar-refractivity contribution in [3.8, 4) is 0 Å². The molecule has 0 amide bonds. The van der Waals surface area contributed by atoms with E-state index in [1.165, 1.54) is 19.3 Å². The number of aromatic nitrogens is 3. The summed E-state index contributed by atoms with van der Waals surface area (Å²) in [7, 11) is 2.09. The second kappa shape index (κ2) is 6.03. The lowest BCUT2D eigenvalue weighted by Gasteiger charge is -2.21. The van der Waals surface area contributed by atoms with Crippen molar-refractivity contribution in [3.63, 3.8) is 0 Å². The first-order valence-electron chi connectivity index (χ1n) is 8.13. The third-order valence-electron chi connectivity index (χ3n) is 4.46. The summed E-state index contributed by atoms with van der Waals surface area (Å²) in [5.74, 6) is 3.95. The van der Waals surface area contributed by atoms with Crippen LogP contribution in [0.4, 0.5) is 17.8 Å². The zero-order valence-electron chi connectivity index (χ0n) is 13.3. The van der Waals surface area contributed by atoms with Gasteiger partial charge in [0.1, 0.15) is 0 Å². The molecule has 1 aliphatic carbocycles. The van der Waals surface area contributed by atoms with Crippen molar-refractivity contribution in [2.24, 2.45) is 11.8 Å². The van der Waals surface area contributed by atoms with Gasteiger partial charge in [-0.2, -0.15) is 15.0 Å². The molecule has 2 heterocycles. The van der Waals surface area contributed by atoms with Gasteiger partial charge in [0, 0.05) is 33.2 Å². The summed E-state index contributed by atoms with van der Waals surface area (Å²) in [4.78, 5) is 18.3. The van der Waals surface area contributed by atoms with Crippen molar-refractivity contribution in [2.75, 3.05) is 48.3 Å². The molecule has 6 heteroatoms. The molecule has 1 aromatic rings. The van der Waals surface area contributed by atoms with Gasteiger partial charge in [0.15, 0.2) is 0 Å². The fourth-order valence-electron chi connectivity index (χ4n) is 2.91. The zero-order valence-corrected chi connectivity index (χ0v) is 13.3. The lowest BCUT2D eigenvalue weighted by atomic mass is 10.3. The van der Waals surface area contributed by atoms with E-state index < -0.39 is 0 Å². The van der Waals surface area contributed by atoms with Crippen LogP contribution in [0, 0.1) is 11.8 Å². The maximum absolute atomic E-state index is 4.69. The Hall–Kier alpha value is -1.59. The predicted molar refractivity (Wildman–Crippen MR) is 86.0 cm³/mol. The van der Waals surface area contributed by atoms with E-state index >= 15 is 0 Å². The van der Waals surface area contributed by atoms with E-state index in [-0.39, 0.29) is 0 Å². The van der Waals surface area contributed by atoms with Crippen molar-refractivity contribution in [2.45, 2.75) is 33.1 Å². The van der Waals surface area contributed by atoms with Gasteiger partial charge in [0.2, 0.25) is 17.8 Å². The van der Waals surface area contributed by atoms with Crippen LogP contribution < -0.4 is 15.1 Å². The second-order valence-electron chi connectivity index (χ2n) is 6.34. The Balaban J connectivity index is 1.79. The number of rotatable bonds is 6. The van der Waals surface area contributed by atoms with E-state index in [9.17, 15) is 0 Å². The molecule has 1 saturated carbocycles. The minimum absolute atomic E-state index is 0.695. The van der Waals surface area contributed by atoms with Gasteiger partial charge in [0.25, 0.3) is 0 Å². The Morgan fingerprint density at radius 1 is 1.24 bits per heavy atom. The first-order valence-corrected chi connectivity index (χ1v) is 8.13. The van der Waals surface area contributed by atoms with Crippen molar-refractivity contribution in [1.29, 1.82) is 0 Å². The topological polar surface area (TPSA) is 57.2 Å². The summed E-state index contributed by atoms with van der Waals surface area (Å²) in [6.45, 7) is 8.35. The Morgan fingerprint density at radius 2 is 1.95 bits per heavy atom. The Bertz CT molecular complexity index is 485. The highest BCUT2D eigenvalue weighted by atomic mass is 15.4. The number of hydrogen-bond acceptors (Lipinski definition) is 6. The Kier molecular flexibility index (Phi) is 4.12. The third kappa shape index (κ3) is 3.36. The molecule has 2 aliphatic rings. The predicted octanol–water partition coefficient (Wildman–Crippen LogP) is 2.00. The van der Waals surface area contributed by atoms with Gasteiger partial charge in [-0.25, -0.2) is 0 Å². The maximum atomic E-state index is 4.69. The van der Waals surface area contributed by atoms with Crippen LogP contribution in [-0.2, 0) is 0 Å². The molecular weight excluding hydrogens is 264 g/mol. The molecule has 0 radical (unpaired) electrons. The van der Waals surface area contributed by atoms with Crippen LogP contribution in [-0.4, -0.2) is 48.2 Å². The summed E-state index contributed by atoms with van der Waals surface area (Å²) in [6, 6.07) is 0. The van der Waals surface area contributed by atoms with Gasteiger partial charge in [0.05, 0.1) is 0 Å². The first kappa shape index (κ1) is 14.4. The summed E-state index contributed by atoms with van der Waals surface area (Å²) in [5, 5.41) is 3.23. The molecule has 116 valence electrons. The lowest BCUT2D eigenvalue weighted by molar-refractivity contribution is 0.708. The van der Waals surface area contributed by atoms with Gasteiger partial charge in [-0.15, -0.1) is 0 Å². The Morgan fingerprint density at radius 3 is 2.57 bits per heavy atom. The van der Waals surface area contributed by atoms with Crippen LogP contribution in [0.25, 0.3) is 0 Å². The standard InChI is InChI=1S/C15H26N6/c1-4-16-13-17-14(20(3)10-12-9-11(12)2)19-15(18-13)21-7-5-6-8-21/h11-12H,4-10H2,1-3H3,(H,16,17,18,19). The van der Waals surface area contributed by atoms with Crippen LogP contribution in [0.2, 0.25) is 0 Å². The van der Waals surface area contributed by atoms with Crippen LogP contribution in [0.15, 0.2) is 0 Å². The molecule has 21 heavy (non-hydrogen) atoms. The SMILES string of the molecule is CCNc1nc(N(C)CC2CC2C)nc(N2CCCC2)n1. The van der Waals surface area contributed by atoms with E-state index in [2.05, 4.69) is 46.0 Å². The van der Waals surface area contributed by atoms with E-state index in [4.69, 9.17) is 4.98 Å². The lowest BCUT2D eigenvalue weighted by Crippen LogP contribution is -2.27. The monoisotopic (exact) mass is 290 g/mol. The molecule has 0 aromatic carbocycles. The number of hydrogen-bond donors (Lipinski definition) is 1. The molecular formula is C15H26N6. The van der Waals surface area contributed by atoms with Crippen molar-refractivity contribution in [1.82, 2.24) is 15.0 Å². The molecule has 3 rings (SSSR count). The molecule has 2 atom stereocenters. The van der Waals surface area contributed by atoms with Gasteiger partial charge >= 0.3 is 0 Å². The van der Waals surface area contributed by atoms with Crippen LogP contribution in [0.5, 0.6) is 0 Å². The van der Waals surface area contributed by atoms with E-state index in [1.807, 2.05) is 0 Å². The minimum Gasteiger partial charge on any atom is -0.354 e. The molecule has 1 aliphatic heterocycles. The smallest absolute Gasteiger partial charge is 0.231 e. The fraction of sp³-hybridized carbons (Fsp3) is 0.800. The molecule has 2 unspecified atom stereocenters. The van der Waals surface area contributed by atoms with Crippen molar-refractivity contribution < 1.29 is 0 Å². The Labute approximate surface area is 127 Å². The van der Waals surface area contributed by atoms with Gasteiger partial charge < -0.3 is 15.1 Å². The average molecular weight is 290 g/mol. The van der Waals surface area contributed by atoms with Gasteiger partial charge in [-0.05, 0) is 38.0 Å². The highest BCUT2D eigenvalue weighted by Gasteiger charge is 2.34. The molecule has 1 aromatic heterocycles. The van der Waals surface area contributed by atoms with E-state index in [1.54, 1.807) is 0 Å². The highest BCUT2D eigenvalue weighted by molar-refractivity contribution is 5.45. The van der Waals surface area contributed by atoms with E-state index in [0.29, 0.717) is 5.95 Å². The maximum Gasteiger partial charge on any atom is 0.231 e. The van der Waals surface area contributed by atoms with Gasteiger partial charge in [-0.3, -0.25) is 0 Å². The first-order chi connectivity index (χ1) is 10.2. The average Bonchev–Trinajstić information content (AvgIpc) is 2.95. The summed E-state index contributed by atoms with van der Waals surface area (Å²) >= 11 is 0. The minimum atomic E-state index is 0.695. The summed E-state index contributed by atoms with van der Waals surface area (Å²) < 4.78 is 0. The molecule has 1 saturated heterocycles. The molecule has 0 bridgehead atoms. The number of nitrogens with zero attached hydrogens (tertiary/aromatic N) is 5. The summed E-state index contributed by atoms with van der Waals surface area (Å²) in [6.07, 6.45) is 3.79. The van der Waals surface area contributed by atoms with Crippen LogP contribution >= 0.6 is 0 Å². The third-order valence-corrected chi connectivity index (χ3v) is 4.46.